The second-order valence-electron chi connectivity index (χ2n) is 6.72. The highest BCUT2D eigenvalue weighted by Gasteiger charge is 2.32. The van der Waals surface area contributed by atoms with Gasteiger partial charge in [0, 0.05) is 23.2 Å². The van der Waals surface area contributed by atoms with Crippen molar-refractivity contribution in [2.24, 2.45) is 5.41 Å². The van der Waals surface area contributed by atoms with Crippen molar-refractivity contribution in [1.29, 1.82) is 0 Å². The van der Waals surface area contributed by atoms with Gasteiger partial charge in [0.15, 0.2) is 5.78 Å². The molecule has 0 saturated carbocycles. The lowest BCUT2D eigenvalue weighted by molar-refractivity contribution is 0.104. The van der Waals surface area contributed by atoms with E-state index in [1.807, 2.05) is 5.38 Å². The molecule has 0 spiro atoms. The molecule has 1 aromatic rings. The summed E-state index contributed by atoms with van der Waals surface area (Å²) >= 11 is 9.22. The van der Waals surface area contributed by atoms with E-state index in [9.17, 15) is 4.79 Å². The Morgan fingerprint density at radius 3 is 2.61 bits per heavy atom. The van der Waals surface area contributed by atoms with Crippen LogP contribution in [0.5, 0.6) is 0 Å². The number of carbonyl (C=O) groups is 1. The fourth-order valence-corrected chi connectivity index (χ4v) is 4.90. The van der Waals surface area contributed by atoms with Gasteiger partial charge < -0.3 is 4.90 Å². The van der Waals surface area contributed by atoms with E-state index < -0.39 is 0 Å². The number of allylic oxidation sites excluding steroid dienone is 3. The summed E-state index contributed by atoms with van der Waals surface area (Å²) in [4.78, 5) is 16.8. The lowest BCUT2D eigenvalue weighted by Gasteiger charge is -2.22. The molecule has 0 aliphatic carbocycles. The number of halogens is 1. The molecular weight excluding hydrogens is 346 g/mol. The quantitative estimate of drug-likeness (QED) is 0.433. The Morgan fingerprint density at radius 1 is 1.39 bits per heavy atom. The van der Waals surface area contributed by atoms with E-state index in [4.69, 9.17) is 11.6 Å². The number of carbonyl (C=O) groups excluding carboxylic acids is 1. The number of thioether (sulfide) groups is 1. The lowest BCUT2D eigenvalue weighted by Crippen LogP contribution is -2.19. The van der Waals surface area contributed by atoms with Crippen molar-refractivity contribution in [3.63, 3.8) is 0 Å². The molecule has 2 nitrogen and oxygen atoms in total. The molecule has 0 fully saturated rings. The van der Waals surface area contributed by atoms with Gasteiger partial charge in [0.2, 0.25) is 0 Å². The number of thiophene rings is 1. The second kappa shape index (κ2) is 7.45. The van der Waals surface area contributed by atoms with Gasteiger partial charge in [-0.15, -0.1) is 11.3 Å². The van der Waals surface area contributed by atoms with Crippen LogP contribution in [-0.4, -0.2) is 17.2 Å². The van der Waals surface area contributed by atoms with E-state index in [-0.39, 0.29) is 11.2 Å². The summed E-state index contributed by atoms with van der Waals surface area (Å²) in [7, 11) is 0. The van der Waals surface area contributed by atoms with E-state index in [0.29, 0.717) is 9.90 Å². The molecule has 23 heavy (non-hydrogen) atoms. The molecule has 2 rings (SSSR count). The molecular formula is C18H24ClNOS2. The largest absolute Gasteiger partial charge is 0.339 e. The van der Waals surface area contributed by atoms with Crippen LogP contribution in [0.4, 0.5) is 0 Å². The van der Waals surface area contributed by atoms with Crippen molar-refractivity contribution in [2.45, 2.75) is 47.5 Å². The van der Waals surface area contributed by atoms with Crippen molar-refractivity contribution in [1.82, 2.24) is 4.90 Å². The van der Waals surface area contributed by atoms with Crippen molar-refractivity contribution in [2.75, 3.05) is 6.54 Å². The van der Waals surface area contributed by atoms with E-state index in [2.05, 4.69) is 39.5 Å². The van der Waals surface area contributed by atoms with Crippen molar-refractivity contribution in [3.8, 4) is 0 Å². The predicted molar refractivity (Wildman–Crippen MR) is 103 cm³/mol. The molecule has 0 radical (unpaired) electrons. The molecule has 0 bridgehead atoms. The fraction of sp³-hybridized carbons (Fsp3) is 0.500. The molecule has 1 aliphatic rings. The fourth-order valence-electron chi connectivity index (χ4n) is 2.57. The number of rotatable bonds is 5. The number of hydrogen-bond donors (Lipinski definition) is 0. The zero-order chi connectivity index (χ0) is 17.2. The predicted octanol–water partition coefficient (Wildman–Crippen LogP) is 6.55. The van der Waals surface area contributed by atoms with Gasteiger partial charge in [0.05, 0.1) is 14.9 Å². The van der Waals surface area contributed by atoms with Crippen LogP contribution in [0, 0.1) is 5.41 Å². The Labute approximate surface area is 152 Å². The highest BCUT2D eigenvalue weighted by Crippen LogP contribution is 2.49. The van der Waals surface area contributed by atoms with Crippen LogP contribution in [0.1, 0.15) is 57.1 Å². The third-order valence-electron chi connectivity index (χ3n) is 3.72. The normalized spacial score (nSPS) is 17.5. The van der Waals surface area contributed by atoms with Gasteiger partial charge in [-0.3, -0.25) is 4.79 Å². The lowest BCUT2D eigenvalue weighted by atomic mass is 9.94. The summed E-state index contributed by atoms with van der Waals surface area (Å²) in [5.41, 5.74) is 1.35. The standard InChI is InChI=1S/C18H24ClNOS2/c1-6-7-9-20-12(2)17(18(3,4)5)23-15(20)11-14(21)16-13(19)8-10-22-16/h8,10-11H,6-7,9H2,1-5H3. The summed E-state index contributed by atoms with van der Waals surface area (Å²) in [6.07, 6.45) is 4.00. The van der Waals surface area contributed by atoms with Crippen LogP contribution in [0.15, 0.2) is 33.2 Å². The van der Waals surface area contributed by atoms with Crippen LogP contribution >= 0.6 is 34.7 Å². The number of nitrogens with zero attached hydrogens (tertiary/aromatic N) is 1. The molecule has 0 atom stereocenters. The van der Waals surface area contributed by atoms with Crippen LogP contribution in [0.2, 0.25) is 5.02 Å². The molecule has 0 amide bonds. The highest BCUT2D eigenvalue weighted by atomic mass is 35.5. The maximum absolute atomic E-state index is 12.6. The zero-order valence-electron chi connectivity index (χ0n) is 14.4. The van der Waals surface area contributed by atoms with Crippen molar-refractivity contribution in [3.05, 3.63) is 43.1 Å². The maximum atomic E-state index is 12.6. The first-order valence-electron chi connectivity index (χ1n) is 7.91. The average molecular weight is 370 g/mol. The molecule has 126 valence electrons. The van der Waals surface area contributed by atoms with Gasteiger partial charge in [-0.2, -0.15) is 0 Å². The number of ketones is 1. The van der Waals surface area contributed by atoms with E-state index in [1.54, 1.807) is 23.9 Å². The molecule has 0 unspecified atom stereocenters. The summed E-state index contributed by atoms with van der Waals surface area (Å²) in [5, 5.41) is 3.42. The van der Waals surface area contributed by atoms with Crippen LogP contribution in [-0.2, 0) is 0 Å². The minimum atomic E-state index is -0.00282. The molecule has 5 heteroatoms. The monoisotopic (exact) mass is 369 g/mol. The number of hydrogen-bond acceptors (Lipinski definition) is 4. The van der Waals surface area contributed by atoms with Crippen molar-refractivity contribution >= 4 is 40.5 Å². The second-order valence-corrected chi connectivity index (χ2v) is 9.07. The molecule has 0 saturated heterocycles. The molecule has 0 aromatic carbocycles. The third kappa shape index (κ3) is 4.23. The first-order valence-corrected chi connectivity index (χ1v) is 9.99. The Bertz CT molecular complexity index is 652. The summed E-state index contributed by atoms with van der Waals surface area (Å²) < 4.78 is 0. The molecule has 0 N–H and O–H groups in total. The maximum Gasteiger partial charge on any atom is 0.199 e. The Kier molecular flexibility index (Phi) is 6.04. The first-order chi connectivity index (χ1) is 10.8. The summed E-state index contributed by atoms with van der Waals surface area (Å²) in [5.74, 6) is -0.00282. The van der Waals surface area contributed by atoms with Gasteiger partial charge >= 0.3 is 0 Å². The average Bonchev–Trinajstić information content (AvgIpc) is 3.01. The third-order valence-corrected chi connectivity index (χ3v) is 6.73. The van der Waals surface area contributed by atoms with Crippen molar-refractivity contribution < 1.29 is 4.79 Å². The van der Waals surface area contributed by atoms with E-state index in [1.165, 1.54) is 21.9 Å². The van der Waals surface area contributed by atoms with E-state index in [0.717, 1.165) is 24.4 Å². The minimum Gasteiger partial charge on any atom is -0.339 e. The molecule has 1 aliphatic heterocycles. The summed E-state index contributed by atoms with van der Waals surface area (Å²) in [6.45, 7) is 12.0. The van der Waals surface area contributed by atoms with Gasteiger partial charge in [0.1, 0.15) is 0 Å². The van der Waals surface area contributed by atoms with Gasteiger partial charge in [-0.25, -0.2) is 0 Å². The SMILES string of the molecule is CCCCN1C(=CC(=O)c2sccc2Cl)SC(C(C)(C)C)=C1C. The first kappa shape index (κ1) is 18.6. The highest BCUT2D eigenvalue weighted by molar-refractivity contribution is 8.07. The smallest absolute Gasteiger partial charge is 0.199 e. The van der Waals surface area contributed by atoms with Gasteiger partial charge in [-0.05, 0) is 30.2 Å². The topological polar surface area (TPSA) is 20.3 Å². The van der Waals surface area contributed by atoms with Crippen LogP contribution < -0.4 is 0 Å². The Morgan fingerprint density at radius 2 is 2.09 bits per heavy atom. The summed E-state index contributed by atoms with van der Waals surface area (Å²) in [6, 6.07) is 1.78. The Hall–Kier alpha value is -0.710. The number of unbranched alkanes of at least 4 members (excludes halogenated alkanes) is 1. The zero-order valence-corrected chi connectivity index (χ0v) is 16.8. The Balaban J connectivity index is 2.32. The van der Waals surface area contributed by atoms with E-state index >= 15 is 0 Å². The van der Waals surface area contributed by atoms with Crippen LogP contribution in [0.25, 0.3) is 0 Å². The van der Waals surface area contributed by atoms with Gasteiger partial charge in [-0.1, -0.05) is 57.5 Å². The van der Waals surface area contributed by atoms with Crippen LogP contribution in [0.3, 0.4) is 0 Å². The van der Waals surface area contributed by atoms with Gasteiger partial charge in [0.25, 0.3) is 0 Å². The molecule has 2 heterocycles. The molecule has 1 aromatic heterocycles. The minimum absolute atomic E-state index is 0.00282.